The minimum Gasteiger partial charge on any atom is -0.353 e. The van der Waals surface area contributed by atoms with Gasteiger partial charge in [0.15, 0.2) is 0 Å². The molecule has 1 atom stereocenters. The number of nitrogens with zero attached hydrogens (tertiary/aromatic N) is 1. The van der Waals surface area contributed by atoms with E-state index in [1.54, 1.807) is 0 Å². The molecule has 0 spiro atoms. The molecule has 2 amide bonds. The molecule has 1 aliphatic heterocycles. The molecule has 0 saturated carbocycles. The third-order valence-electron chi connectivity index (χ3n) is 3.99. The molecule has 2 N–H and O–H groups in total. The summed E-state index contributed by atoms with van der Waals surface area (Å²) >= 11 is 1.42. The van der Waals surface area contributed by atoms with E-state index in [9.17, 15) is 9.59 Å². The molecule has 132 valence electrons. The molecule has 1 heterocycles. The predicted octanol–water partition coefficient (Wildman–Crippen LogP) is 1.98. The van der Waals surface area contributed by atoms with Crippen molar-refractivity contribution in [2.75, 3.05) is 32.4 Å². The van der Waals surface area contributed by atoms with Crippen molar-refractivity contribution in [1.82, 2.24) is 15.5 Å². The number of benzene rings is 1. The molecule has 0 radical (unpaired) electrons. The van der Waals surface area contributed by atoms with Crippen molar-refractivity contribution in [3.63, 3.8) is 0 Å². The lowest BCUT2D eigenvalue weighted by molar-refractivity contribution is -0.119. The maximum Gasteiger partial charge on any atom is 0.254 e. The van der Waals surface area contributed by atoms with Crippen LogP contribution in [0.15, 0.2) is 29.2 Å². The smallest absolute Gasteiger partial charge is 0.254 e. The van der Waals surface area contributed by atoms with Crippen LogP contribution in [-0.2, 0) is 4.79 Å². The van der Waals surface area contributed by atoms with Gasteiger partial charge in [0.2, 0.25) is 5.91 Å². The number of thioether (sulfide) groups is 1. The summed E-state index contributed by atoms with van der Waals surface area (Å²) in [6.07, 6.45) is 1.04. The number of hydrogen-bond donors (Lipinski definition) is 2. The molecular weight excluding hydrogens is 322 g/mol. The molecule has 2 rings (SSSR count). The minimum absolute atomic E-state index is 0.00694. The van der Waals surface area contributed by atoms with Gasteiger partial charge in [-0.1, -0.05) is 12.1 Å². The third-order valence-corrected chi connectivity index (χ3v) is 5.07. The molecule has 1 aromatic carbocycles. The van der Waals surface area contributed by atoms with Crippen LogP contribution in [-0.4, -0.2) is 55.2 Å². The van der Waals surface area contributed by atoms with Crippen LogP contribution < -0.4 is 10.6 Å². The zero-order chi connectivity index (χ0) is 17.5. The van der Waals surface area contributed by atoms with Crippen LogP contribution >= 0.6 is 11.8 Å². The Balaban J connectivity index is 2.00. The van der Waals surface area contributed by atoms with Gasteiger partial charge in [0.1, 0.15) is 0 Å². The summed E-state index contributed by atoms with van der Waals surface area (Å²) in [5.41, 5.74) is 0.699. The normalized spacial score (nSPS) is 17.3. The van der Waals surface area contributed by atoms with Crippen LogP contribution in [0.5, 0.6) is 0 Å². The maximum absolute atomic E-state index is 12.8. The van der Waals surface area contributed by atoms with Gasteiger partial charge in [-0.3, -0.25) is 9.59 Å². The van der Waals surface area contributed by atoms with Gasteiger partial charge in [0.25, 0.3) is 5.91 Å². The van der Waals surface area contributed by atoms with E-state index < -0.39 is 0 Å². The summed E-state index contributed by atoms with van der Waals surface area (Å²) in [4.78, 5) is 27.5. The average molecular weight is 350 g/mol. The molecule has 1 saturated heterocycles. The summed E-state index contributed by atoms with van der Waals surface area (Å²) in [7, 11) is 1.94. The van der Waals surface area contributed by atoms with Crippen molar-refractivity contribution in [2.24, 2.45) is 5.92 Å². The summed E-state index contributed by atoms with van der Waals surface area (Å²) in [5.74, 6) is 0.911. The number of amides is 2. The Morgan fingerprint density at radius 2 is 2.08 bits per heavy atom. The Kier molecular flexibility index (Phi) is 7.12. The molecule has 6 heteroatoms. The van der Waals surface area contributed by atoms with Crippen LogP contribution in [0, 0.1) is 5.92 Å². The van der Waals surface area contributed by atoms with E-state index in [1.807, 2.05) is 50.1 Å². The van der Waals surface area contributed by atoms with Gasteiger partial charge in [-0.05, 0) is 51.9 Å². The van der Waals surface area contributed by atoms with Crippen molar-refractivity contribution < 1.29 is 9.59 Å². The van der Waals surface area contributed by atoms with E-state index in [-0.39, 0.29) is 17.9 Å². The Morgan fingerprint density at radius 1 is 1.33 bits per heavy atom. The van der Waals surface area contributed by atoms with E-state index >= 15 is 0 Å². The first-order valence-corrected chi connectivity index (χ1v) is 9.45. The number of carbonyl (C=O) groups excluding carboxylic acids is 2. The van der Waals surface area contributed by atoms with Gasteiger partial charge >= 0.3 is 0 Å². The summed E-state index contributed by atoms with van der Waals surface area (Å²) in [6.45, 7) is 6.42. The van der Waals surface area contributed by atoms with Crippen LogP contribution in [0.1, 0.15) is 30.6 Å². The fourth-order valence-electron chi connectivity index (χ4n) is 2.92. The van der Waals surface area contributed by atoms with Crippen LogP contribution in [0.3, 0.4) is 0 Å². The van der Waals surface area contributed by atoms with Crippen LogP contribution in [0.2, 0.25) is 0 Å². The first kappa shape index (κ1) is 18.8. The average Bonchev–Trinajstić information content (AvgIpc) is 3.01. The van der Waals surface area contributed by atoms with E-state index in [0.717, 1.165) is 31.0 Å². The predicted molar refractivity (Wildman–Crippen MR) is 98.4 cm³/mol. The Bertz CT molecular complexity index is 577. The number of carbonyl (C=O) groups is 2. The SMILES string of the molecule is CNCC1CCN(C(=O)c2ccccc2SCC(=O)NC(C)C)C1. The van der Waals surface area contributed by atoms with E-state index in [2.05, 4.69) is 10.6 Å². The number of rotatable bonds is 7. The number of hydrogen-bond acceptors (Lipinski definition) is 4. The highest BCUT2D eigenvalue weighted by molar-refractivity contribution is 8.00. The zero-order valence-electron chi connectivity index (χ0n) is 14.7. The van der Waals surface area contributed by atoms with Crippen molar-refractivity contribution >= 4 is 23.6 Å². The first-order valence-electron chi connectivity index (χ1n) is 8.46. The van der Waals surface area contributed by atoms with Crippen molar-refractivity contribution in [1.29, 1.82) is 0 Å². The Morgan fingerprint density at radius 3 is 2.79 bits per heavy atom. The number of likely N-dealkylation sites (tertiary alicyclic amines) is 1. The first-order chi connectivity index (χ1) is 11.5. The second-order valence-electron chi connectivity index (χ2n) is 6.47. The van der Waals surface area contributed by atoms with E-state index in [0.29, 0.717) is 17.2 Å². The van der Waals surface area contributed by atoms with Crippen molar-refractivity contribution in [2.45, 2.75) is 31.2 Å². The van der Waals surface area contributed by atoms with E-state index in [1.165, 1.54) is 11.8 Å². The lowest BCUT2D eigenvalue weighted by Gasteiger charge is -2.18. The van der Waals surface area contributed by atoms with Crippen molar-refractivity contribution in [3.8, 4) is 0 Å². The lowest BCUT2D eigenvalue weighted by atomic mass is 10.1. The Hall–Kier alpha value is -1.53. The molecule has 24 heavy (non-hydrogen) atoms. The second kappa shape index (κ2) is 9.08. The molecule has 0 aromatic heterocycles. The summed E-state index contributed by atoms with van der Waals surface area (Å²) in [6, 6.07) is 7.70. The van der Waals surface area contributed by atoms with E-state index in [4.69, 9.17) is 0 Å². The molecule has 5 nitrogen and oxygen atoms in total. The largest absolute Gasteiger partial charge is 0.353 e. The van der Waals surface area contributed by atoms with Gasteiger partial charge in [0, 0.05) is 24.0 Å². The molecule has 1 aromatic rings. The lowest BCUT2D eigenvalue weighted by Crippen LogP contribution is -2.32. The summed E-state index contributed by atoms with van der Waals surface area (Å²) in [5, 5.41) is 6.06. The zero-order valence-corrected chi connectivity index (χ0v) is 15.5. The molecule has 0 aliphatic carbocycles. The summed E-state index contributed by atoms with van der Waals surface area (Å²) < 4.78 is 0. The molecule has 1 unspecified atom stereocenters. The fraction of sp³-hybridized carbons (Fsp3) is 0.556. The highest BCUT2D eigenvalue weighted by Gasteiger charge is 2.27. The Labute approximate surface area is 148 Å². The van der Waals surface area contributed by atoms with Crippen LogP contribution in [0.4, 0.5) is 0 Å². The van der Waals surface area contributed by atoms with Gasteiger partial charge in [0.05, 0.1) is 11.3 Å². The maximum atomic E-state index is 12.8. The fourth-order valence-corrected chi connectivity index (χ4v) is 3.77. The highest BCUT2D eigenvalue weighted by Crippen LogP contribution is 2.26. The van der Waals surface area contributed by atoms with Gasteiger partial charge in [-0.2, -0.15) is 0 Å². The monoisotopic (exact) mass is 349 g/mol. The minimum atomic E-state index is -0.00694. The quantitative estimate of drug-likeness (QED) is 0.739. The van der Waals surface area contributed by atoms with Crippen molar-refractivity contribution in [3.05, 3.63) is 29.8 Å². The molecule has 0 bridgehead atoms. The van der Waals surface area contributed by atoms with Crippen LogP contribution in [0.25, 0.3) is 0 Å². The number of nitrogens with one attached hydrogen (secondary N) is 2. The topological polar surface area (TPSA) is 61.4 Å². The molecule has 1 aliphatic rings. The highest BCUT2D eigenvalue weighted by atomic mass is 32.2. The van der Waals surface area contributed by atoms with Gasteiger partial charge < -0.3 is 15.5 Å². The molecule has 1 fully saturated rings. The third kappa shape index (κ3) is 5.24. The van der Waals surface area contributed by atoms with Gasteiger partial charge in [-0.25, -0.2) is 0 Å². The standard InChI is InChI=1S/C18H27N3O2S/c1-13(2)20-17(22)12-24-16-7-5-4-6-15(16)18(23)21-9-8-14(11-21)10-19-3/h4-7,13-14,19H,8-12H2,1-3H3,(H,20,22). The molecular formula is C18H27N3O2S. The second-order valence-corrected chi connectivity index (χ2v) is 7.49. The van der Waals surface area contributed by atoms with Gasteiger partial charge in [-0.15, -0.1) is 11.8 Å².